The summed E-state index contributed by atoms with van der Waals surface area (Å²) in [5.41, 5.74) is 1.49. The quantitative estimate of drug-likeness (QED) is 0.539. The van der Waals surface area contributed by atoms with Crippen LogP contribution < -0.4 is 15.2 Å². The second-order valence-corrected chi connectivity index (χ2v) is 10.7. The zero-order valence-electron chi connectivity index (χ0n) is 17.3. The number of sulfone groups is 1. The number of nitrogens with one attached hydrogen (secondary N) is 1. The van der Waals surface area contributed by atoms with Crippen molar-refractivity contribution in [1.82, 2.24) is 4.98 Å². The Kier molecular flexibility index (Phi) is 6.39. The molecule has 0 bridgehead atoms. The lowest BCUT2D eigenvalue weighted by Crippen LogP contribution is -2.38. The average molecular weight is 521 g/mol. The number of hydrogen-bond acceptors (Lipinski definition) is 5. The van der Waals surface area contributed by atoms with E-state index in [1.165, 1.54) is 24.3 Å². The number of H-pyrrole nitrogens is 1. The first-order chi connectivity index (χ1) is 15.2. The van der Waals surface area contributed by atoms with Gasteiger partial charge in [-0.3, -0.25) is 4.79 Å². The number of nitrogens with zero attached hydrogens (tertiary/aromatic N) is 1. The van der Waals surface area contributed by atoms with E-state index in [2.05, 4.69) is 20.9 Å². The zero-order valence-corrected chi connectivity index (χ0v) is 19.7. The van der Waals surface area contributed by atoms with Crippen LogP contribution in [0.5, 0.6) is 5.75 Å². The minimum Gasteiger partial charge on any atom is -0.490 e. The molecule has 0 atom stereocenters. The number of benzene rings is 2. The van der Waals surface area contributed by atoms with Crippen LogP contribution in [0.4, 0.5) is 10.1 Å². The van der Waals surface area contributed by atoms with Gasteiger partial charge in [0.15, 0.2) is 9.84 Å². The zero-order chi connectivity index (χ0) is 22.9. The van der Waals surface area contributed by atoms with E-state index in [1.807, 2.05) is 11.0 Å². The molecule has 1 fully saturated rings. The number of hydrogen-bond donors (Lipinski definition) is 1. The molecule has 0 radical (unpaired) electrons. The predicted molar refractivity (Wildman–Crippen MR) is 126 cm³/mol. The SMILES string of the molecule is CS(=O)(=O)c1ccc(-c2cc(OC3CCN(c4ccc(Br)cc4F)CC3)cc(=O)[nH]2)cc1. The highest BCUT2D eigenvalue weighted by molar-refractivity contribution is 9.10. The molecule has 9 heteroatoms. The van der Waals surface area contributed by atoms with Gasteiger partial charge >= 0.3 is 0 Å². The summed E-state index contributed by atoms with van der Waals surface area (Å²) in [6.45, 7) is 1.29. The number of piperidine rings is 1. The Morgan fingerprint density at radius 1 is 1.06 bits per heavy atom. The summed E-state index contributed by atoms with van der Waals surface area (Å²) in [5.74, 6) is 0.184. The van der Waals surface area contributed by atoms with Gasteiger partial charge in [0.1, 0.15) is 17.7 Å². The molecular formula is C23H22BrFN2O4S. The topological polar surface area (TPSA) is 79.5 Å². The van der Waals surface area contributed by atoms with Crippen LogP contribution in [0.2, 0.25) is 0 Å². The van der Waals surface area contributed by atoms with Crippen LogP contribution in [0.3, 0.4) is 0 Å². The van der Waals surface area contributed by atoms with Crippen molar-refractivity contribution in [3.8, 4) is 17.0 Å². The normalized spacial score (nSPS) is 15.0. The highest BCUT2D eigenvalue weighted by atomic mass is 79.9. The van der Waals surface area contributed by atoms with E-state index in [1.54, 1.807) is 24.3 Å². The molecule has 2 heterocycles. The van der Waals surface area contributed by atoms with Gasteiger partial charge in [0, 0.05) is 48.8 Å². The van der Waals surface area contributed by atoms with Crippen LogP contribution >= 0.6 is 15.9 Å². The third-order valence-electron chi connectivity index (χ3n) is 5.41. The number of anilines is 1. The molecule has 0 unspecified atom stereocenters. The van der Waals surface area contributed by atoms with E-state index in [9.17, 15) is 17.6 Å². The Bertz CT molecular complexity index is 1280. The standard InChI is InChI=1S/C23H22BrFN2O4S/c1-32(29,30)19-5-2-15(3-6-19)21-13-18(14-23(28)26-21)31-17-8-10-27(11-9-17)22-7-4-16(24)12-20(22)25/h2-7,12-14,17H,8-11H2,1H3,(H,26,28). The minimum atomic E-state index is -3.29. The molecule has 1 saturated heterocycles. The molecule has 6 nitrogen and oxygen atoms in total. The van der Waals surface area contributed by atoms with E-state index in [4.69, 9.17) is 4.74 Å². The highest BCUT2D eigenvalue weighted by Crippen LogP contribution is 2.28. The lowest BCUT2D eigenvalue weighted by Gasteiger charge is -2.34. The molecule has 2 aromatic carbocycles. The summed E-state index contributed by atoms with van der Waals surface area (Å²) >= 11 is 3.27. The number of ether oxygens (including phenoxy) is 1. The van der Waals surface area contributed by atoms with E-state index >= 15 is 0 Å². The first-order valence-corrected chi connectivity index (χ1v) is 12.8. The summed E-state index contributed by atoms with van der Waals surface area (Å²) < 4.78 is 44.3. The van der Waals surface area contributed by atoms with Gasteiger partial charge in [0.05, 0.1) is 16.3 Å². The Labute approximate surface area is 194 Å². The average Bonchev–Trinajstić information content (AvgIpc) is 2.74. The first kappa shape index (κ1) is 22.5. The molecule has 32 heavy (non-hydrogen) atoms. The molecule has 1 aliphatic rings. The molecule has 0 saturated carbocycles. The van der Waals surface area contributed by atoms with Crippen molar-refractivity contribution in [2.24, 2.45) is 0 Å². The van der Waals surface area contributed by atoms with Crippen molar-refractivity contribution in [3.63, 3.8) is 0 Å². The van der Waals surface area contributed by atoms with E-state index in [0.29, 0.717) is 53.1 Å². The van der Waals surface area contributed by atoms with Crippen molar-refractivity contribution in [1.29, 1.82) is 0 Å². The summed E-state index contributed by atoms with van der Waals surface area (Å²) in [7, 11) is -3.29. The summed E-state index contributed by atoms with van der Waals surface area (Å²) in [6.07, 6.45) is 2.45. The summed E-state index contributed by atoms with van der Waals surface area (Å²) in [5, 5.41) is 0. The van der Waals surface area contributed by atoms with Gasteiger partial charge in [-0.25, -0.2) is 12.8 Å². The van der Waals surface area contributed by atoms with E-state index < -0.39 is 9.84 Å². The van der Waals surface area contributed by atoms with Gasteiger partial charge < -0.3 is 14.6 Å². The van der Waals surface area contributed by atoms with Crippen LogP contribution in [-0.2, 0) is 9.84 Å². The Balaban J connectivity index is 1.45. The van der Waals surface area contributed by atoms with Gasteiger partial charge in [-0.15, -0.1) is 0 Å². The van der Waals surface area contributed by atoms with Crippen molar-refractivity contribution in [2.75, 3.05) is 24.2 Å². The number of halogens is 2. The largest absolute Gasteiger partial charge is 0.490 e. The van der Waals surface area contributed by atoms with Crippen molar-refractivity contribution >= 4 is 31.5 Å². The van der Waals surface area contributed by atoms with Crippen molar-refractivity contribution in [3.05, 3.63) is 75.2 Å². The molecule has 4 rings (SSSR count). The second-order valence-electron chi connectivity index (χ2n) is 7.79. The molecular weight excluding hydrogens is 499 g/mol. The van der Waals surface area contributed by atoms with E-state index in [-0.39, 0.29) is 22.4 Å². The van der Waals surface area contributed by atoms with E-state index in [0.717, 1.165) is 6.26 Å². The van der Waals surface area contributed by atoms with Gasteiger partial charge in [0.2, 0.25) is 0 Å². The van der Waals surface area contributed by atoms with Crippen LogP contribution in [0, 0.1) is 5.82 Å². The lowest BCUT2D eigenvalue weighted by atomic mass is 10.1. The Morgan fingerprint density at radius 2 is 1.75 bits per heavy atom. The number of pyridine rings is 1. The summed E-state index contributed by atoms with van der Waals surface area (Å²) in [6, 6.07) is 14.5. The van der Waals surface area contributed by atoms with Gasteiger partial charge in [-0.1, -0.05) is 28.1 Å². The smallest absolute Gasteiger partial charge is 0.252 e. The maximum absolute atomic E-state index is 14.2. The number of rotatable bonds is 5. The van der Waals surface area contributed by atoms with Crippen molar-refractivity contribution < 1.29 is 17.5 Å². The maximum Gasteiger partial charge on any atom is 0.252 e. The molecule has 1 aliphatic heterocycles. The fourth-order valence-electron chi connectivity index (χ4n) is 3.77. The fraction of sp³-hybridized carbons (Fsp3) is 0.261. The van der Waals surface area contributed by atoms with Crippen LogP contribution in [0.1, 0.15) is 12.8 Å². The minimum absolute atomic E-state index is 0.0907. The van der Waals surface area contributed by atoms with Crippen LogP contribution in [0.25, 0.3) is 11.3 Å². The summed E-state index contributed by atoms with van der Waals surface area (Å²) in [4.78, 5) is 17.1. The number of aromatic amines is 1. The maximum atomic E-state index is 14.2. The molecule has 1 aromatic heterocycles. The first-order valence-electron chi connectivity index (χ1n) is 10.1. The molecule has 0 amide bonds. The highest BCUT2D eigenvalue weighted by Gasteiger charge is 2.23. The molecule has 1 N–H and O–H groups in total. The number of aromatic nitrogens is 1. The fourth-order valence-corrected chi connectivity index (χ4v) is 4.73. The third kappa shape index (κ3) is 5.21. The lowest BCUT2D eigenvalue weighted by molar-refractivity contribution is 0.170. The Hall–Kier alpha value is -2.65. The van der Waals surface area contributed by atoms with Gasteiger partial charge in [-0.05, 0) is 35.9 Å². The molecule has 0 spiro atoms. The Morgan fingerprint density at radius 3 is 2.38 bits per heavy atom. The monoisotopic (exact) mass is 520 g/mol. The second kappa shape index (κ2) is 9.07. The predicted octanol–water partition coefficient (Wildman–Crippen LogP) is 4.39. The molecule has 0 aliphatic carbocycles. The third-order valence-corrected chi connectivity index (χ3v) is 7.03. The van der Waals surface area contributed by atoms with Gasteiger partial charge in [0.25, 0.3) is 5.56 Å². The molecule has 3 aromatic rings. The van der Waals surface area contributed by atoms with Crippen LogP contribution in [0.15, 0.2) is 68.8 Å². The molecule has 168 valence electrons. The van der Waals surface area contributed by atoms with Crippen molar-refractivity contribution in [2.45, 2.75) is 23.8 Å². The van der Waals surface area contributed by atoms with Gasteiger partial charge in [-0.2, -0.15) is 0 Å². The van der Waals surface area contributed by atoms with Crippen LogP contribution in [-0.4, -0.2) is 38.9 Å².